The lowest BCUT2D eigenvalue weighted by Gasteiger charge is -2.30. The molecule has 0 aliphatic rings. The van der Waals surface area contributed by atoms with Crippen molar-refractivity contribution in [2.24, 2.45) is 5.92 Å². The van der Waals surface area contributed by atoms with E-state index < -0.39 is 17.5 Å². The van der Waals surface area contributed by atoms with Gasteiger partial charge in [0.05, 0.1) is 18.6 Å². The quantitative estimate of drug-likeness (QED) is 0.458. The molecule has 4 nitrogen and oxygen atoms in total. The third-order valence-corrected chi connectivity index (χ3v) is 3.64. The average Bonchev–Trinajstić information content (AvgIpc) is 2.35. The van der Waals surface area contributed by atoms with Gasteiger partial charge >= 0.3 is 5.97 Å². The Kier molecular flexibility index (Phi) is 7.02. The number of halogens is 1. The summed E-state index contributed by atoms with van der Waals surface area (Å²) in [6, 6.07) is 0. The molecule has 0 bridgehead atoms. The zero-order valence-electron chi connectivity index (χ0n) is 11.6. The highest BCUT2D eigenvalue weighted by Gasteiger charge is 2.27. The molecule has 0 heterocycles. The molecule has 0 saturated heterocycles. The van der Waals surface area contributed by atoms with Crippen LogP contribution < -0.4 is 0 Å². The van der Waals surface area contributed by atoms with Crippen molar-refractivity contribution in [3.05, 3.63) is 24.0 Å². The number of likely N-dealkylation sites (N-methyl/N-ethyl adjacent to an activating group) is 1. The van der Waals surface area contributed by atoms with Crippen LogP contribution in [-0.4, -0.2) is 41.6 Å². The standard InChI is InChI=1S/C13H22ClNO3/c1-7-11(12(14)8(2)10(4)16)15(5)9(3)13(17)18-6/h7-8,10,12,16H,3H2,1-2,4-6H3/b11-7-/t8-,10+,12?/m1/s1. The van der Waals surface area contributed by atoms with Gasteiger partial charge in [-0.2, -0.15) is 0 Å². The molecule has 0 fully saturated rings. The lowest BCUT2D eigenvalue weighted by atomic mass is 9.98. The number of alkyl halides is 1. The summed E-state index contributed by atoms with van der Waals surface area (Å²) in [7, 11) is 2.99. The number of carbonyl (C=O) groups excluding carboxylic acids is 1. The first-order chi connectivity index (χ1) is 8.27. The number of methoxy groups -OCH3 is 1. The highest BCUT2D eigenvalue weighted by atomic mass is 35.5. The molecule has 0 aliphatic heterocycles. The maximum atomic E-state index is 11.4. The van der Waals surface area contributed by atoms with Crippen LogP contribution in [-0.2, 0) is 9.53 Å². The molecule has 0 aromatic heterocycles. The van der Waals surface area contributed by atoms with E-state index in [0.717, 1.165) is 0 Å². The summed E-state index contributed by atoms with van der Waals surface area (Å²) >= 11 is 6.32. The van der Waals surface area contributed by atoms with Crippen molar-refractivity contribution in [3.63, 3.8) is 0 Å². The number of ether oxygens (including phenoxy) is 1. The van der Waals surface area contributed by atoms with Crippen molar-refractivity contribution >= 4 is 17.6 Å². The van der Waals surface area contributed by atoms with Gasteiger partial charge in [-0.25, -0.2) is 4.79 Å². The molecule has 0 aliphatic carbocycles. The summed E-state index contributed by atoms with van der Waals surface area (Å²) in [5, 5.41) is 9.15. The third kappa shape index (κ3) is 4.03. The molecule has 1 unspecified atom stereocenters. The van der Waals surface area contributed by atoms with Crippen LogP contribution in [0.3, 0.4) is 0 Å². The molecular weight excluding hydrogens is 254 g/mol. The van der Waals surface area contributed by atoms with E-state index in [1.54, 1.807) is 24.9 Å². The van der Waals surface area contributed by atoms with Gasteiger partial charge in [-0.05, 0) is 13.8 Å². The third-order valence-electron chi connectivity index (χ3n) is 3.01. The van der Waals surface area contributed by atoms with Gasteiger partial charge in [-0.1, -0.05) is 19.6 Å². The van der Waals surface area contributed by atoms with Crippen molar-refractivity contribution in [3.8, 4) is 0 Å². The fourth-order valence-corrected chi connectivity index (χ4v) is 1.95. The van der Waals surface area contributed by atoms with Crippen molar-refractivity contribution in [1.29, 1.82) is 0 Å². The summed E-state index contributed by atoms with van der Waals surface area (Å²) in [4.78, 5) is 13.0. The number of aliphatic hydroxyl groups excluding tert-OH is 1. The molecule has 0 radical (unpaired) electrons. The van der Waals surface area contributed by atoms with Gasteiger partial charge in [0.15, 0.2) is 0 Å². The molecule has 0 spiro atoms. The number of allylic oxidation sites excluding steroid dienone is 2. The Balaban J connectivity index is 5.00. The first-order valence-corrected chi connectivity index (χ1v) is 6.20. The van der Waals surface area contributed by atoms with Crippen molar-refractivity contribution in [1.82, 2.24) is 4.90 Å². The Bertz CT molecular complexity index is 339. The van der Waals surface area contributed by atoms with Crippen LogP contribution in [0.4, 0.5) is 0 Å². The van der Waals surface area contributed by atoms with Gasteiger partial charge in [-0.3, -0.25) is 0 Å². The summed E-state index contributed by atoms with van der Waals surface area (Å²) in [5.41, 5.74) is 0.912. The van der Waals surface area contributed by atoms with Crippen LogP contribution in [0.15, 0.2) is 24.0 Å². The van der Waals surface area contributed by atoms with E-state index >= 15 is 0 Å². The molecule has 0 amide bonds. The maximum Gasteiger partial charge on any atom is 0.354 e. The highest BCUT2D eigenvalue weighted by Crippen LogP contribution is 2.26. The van der Waals surface area contributed by atoms with E-state index in [4.69, 9.17) is 11.6 Å². The van der Waals surface area contributed by atoms with E-state index in [2.05, 4.69) is 11.3 Å². The predicted octanol–water partition coefficient (Wildman–Crippen LogP) is 2.13. The van der Waals surface area contributed by atoms with Crippen molar-refractivity contribution < 1.29 is 14.6 Å². The van der Waals surface area contributed by atoms with Gasteiger partial charge in [0.2, 0.25) is 0 Å². The fraction of sp³-hybridized carbons (Fsp3) is 0.615. The van der Waals surface area contributed by atoms with Crippen LogP contribution in [0.2, 0.25) is 0 Å². The second-order valence-corrected chi connectivity index (χ2v) is 4.68. The molecule has 0 saturated carbocycles. The van der Waals surface area contributed by atoms with Crippen LogP contribution in [0.5, 0.6) is 0 Å². The van der Waals surface area contributed by atoms with Gasteiger partial charge in [0, 0.05) is 18.7 Å². The Morgan fingerprint density at radius 1 is 1.50 bits per heavy atom. The van der Waals surface area contributed by atoms with E-state index in [-0.39, 0.29) is 11.6 Å². The monoisotopic (exact) mass is 275 g/mol. The van der Waals surface area contributed by atoms with E-state index in [9.17, 15) is 9.90 Å². The van der Waals surface area contributed by atoms with E-state index in [0.29, 0.717) is 5.70 Å². The number of nitrogens with zero attached hydrogens (tertiary/aromatic N) is 1. The predicted molar refractivity (Wildman–Crippen MR) is 73.2 cm³/mol. The molecule has 5 heteroatoms. The first kappa shape index (κ1) is 17.0. The maximum absolute atomic E-state index is 11.4. The zero-order chi connectivity index (χ0) is 14.5. The van der Waals surface area contributed by atoms with Gasteiger partial charge in [0.1, 0.15) is 5.70 Å². The Hall–Kier alpha value is -1.00. The summed E-state index contributed by atoms with van der Waals surface area (Å²) in [6.07, 6.45) is 1.26. The van der Waals surface area contributed by atoms with Crippen LogP contribution >= 0.6 is 11.6 Å². The molecule has 1 N–H and O–H groups in total. The Morgan fingerprint density at radius 2 is 2.00 bits per heavy atom. The second-order valence-electron chi connectivity index (χ2n) is 4.21. The van der Waals surface area contributed by atoms with Gasteiger partial charge < -0.3 is 14.7 Å². The fourth-order valence-electron chi connectivity index (χ4n) is 1.46. The molecule has 0 aromatic rings. The lowest BCUT2D eigenvalue weighted by Crippen LogP contribution is -2.33. The highest BCUT2D eigenvalue weighted by molar-refractivity contribution is 6.22. The average molecular weight is 276 g/mol. The number of carbonyl (C=O) groups is 1. The number of rotatable bonds is 6. The SMILES string of the molecule is C=C(C(=O)OC)N(C)/C(=C\C)C(Cl)[C@H](C)[C@H](C)O. The first-order valence-electron chi connectivity index (χ1n) is 5.77. The molecule has 0 aromatic carbocycles. The minimum absolute atomic E-state index is 0.147. The lowest BCUT2D eigenvalue weighted by molar-refractivity contribution is -0.137. The zero-order valence-corrected chi connectivity index (χ0v) is 12.4. The summed E-state index contributed by atoms with van der Waals surface area (Å²) < 4.78 is 4.62. The number of hydrogen-bond donors (Lipinski definition) is 1. The molecule has 104 valence electrons. The van der Waals surface area contributed by atoms with Gasteiger partial charge in [-0.15, -0.1) is 11.6 Å². The number of hydrogen-bond acceptors (Lipinski definition) is 4. The molecule has 18 heavy (non-hydrogen) atoms. The topological polar surface area (TPSA) is 49.8 Å². The van der Waals surface area contributed by atoms with E-state index in [1.165, 1.54) is 7.11 Å². The summed E-state index contributed by atoms with van der Waals surface area (Å²) in [6.45, 7) is 9.02. The van der Waals surface area contributed by atoms with Crippen LogP contribution in [0.1, 0.15) is 20.8 Å². The van der Waals surface area contributed by atoms with Crippen molar-refractivity contribution in [2.45, 2.75) is 32.3 Å². The normalized spacial score (nSPS) is 16.7. The van der Waals surface area contributed by atoms with E-state index in [1.807, 2.05) is 13.8 Å². The minimum Gasteiger partial charge on any atom is -0.464 e. The van der Waals surface area contributed by atoms with Crippen molar-refractivity contribution in [2.75, 3.05) is 14.2 Å². The van der Waals surface area contributed by atoms with Gasteiger partial charge in [0.25, 0.3) is 0 Å². The number of aliphatic hydroxyl groups is 1. The second kappa shape index (κ2) is 7.44. The molecule has 0 rings (SSSR count). The van der Waals surface area contributed by atoms with Crippen LogP contribution in [0.25, 0.3) is 0 Å². The Labute approximate surface area is 114 Å². The molecular formula is C13H22ClNO3. The minimum atomic E-state index is -0.540. The summed E-state index contributed by atoms with van der Waals surface area (Å²) in [5.74, 6) is -0.656. The smallest absolute Gasteiger partial charge is 0.354 e. The molecule has 3 atom stereocenters. The van der Waals surface area contributed by atoms with Crippen LogP contribution in [0, 0.1) is 5.92 Å². The number of esters is 1. The Morgan fingerprint density at radius 3 is 2.33 bits per heavy atom. The largest absolute Gasteiger partial charge is 0.464 e.